The van der Waals surface area contributed by atoms with E-state index in [9.17, 15) is 0 Å². The molecular formula is C13H16N4. The van der Waals surface area contributed by atoms with Crippen LogP contribution in [0.15, 0.2) is 18.3 Å². The first-order valence-electron chi connectivity index (χ1n) is 5.66. The number of hydrogen-bond acceptors (Lipinski definition) is 4. The highest BCUT2D eigenvalue weighted by Gasteiger charge is 2.13. The van der Waals surface area contributed by atoms with Gasteiger partial charge in [-0.05, 0) is 18.1 Å². The van der Waals surface area contributed by atoms with Crippen LogP contribution in [0.1, 0.15) is 25.8 Å². The maximum absolute atomic E-state index is 9.05. The maximum Gasteiger partial charge on any atom is 0.146 e. The molecule has 1 aromatic rings. The van der Waals surface area contributed by atoms with Crippen molar-refractivity contribution < 1.29 is 0 Å². The van der Waals surface area contributed by atoms with Crippen LogP contribution in [-0.4, -0.2) is 18.1 Å². The molecule has 1 aromatic heterocycles. The van der Waals surface area contributed by atoms with Gasteiger partial charge < -0.3 is 4.90 Å². The lowest BCUT2D eigenvalue weighted by molar-refractivity contribution is 0.607. The molecule has 0 aliphatic rings. The minimum absolute atomic E-state index is 0.439. The first kappa shape index (κ1) is 13.0. The molecule has 0 aromatic carbocycles. The summed E-state index contributed by atoms with van der Waals surface area (Å²) in [6.45, 7) is 5.62. The fourth-order valence-corrected chi connectivity index (χ4v) is 1.65. The van der Waals surface area contributed by atoms with E-state index in [1.807, 2.05) is 4.90 Å². The van der Waals surface area contributed by atoms with Crippen molar-refractivity contribution in [3.63, 3.8) is 0 Å². The Labute approximate surface area is 102 Å². The zero-order valence-corrected chi connectivity index (χ0v) is 10.2. The van der Waals surface area contributed by atoms with Gasteiger partial charge in [0, 0.05) is 19.3 Å². The van der Waals surface area contributed by atoms with Crippen molar-refractivity contribution in [2.45, 2.75) is 20.3 Å². The summed E-state index contributed by atoms with van der Waals surface area (Å²) in [5.41, 5.74) is 0.561. The van der Waals surface area contributed by atoms with Crippen molar-refractivity contribution >= 4 is 5.82 Å². The van der Waals surface area contributed by atoms with Gasteiger partial charge in [0.1, 0.15) is 11.9 Å². The van der Waals surface area contributed by atoms with Crippen LogP contribution >= 0.6 is 0 Å². The van der Waals surface area contributed by atoms with Gasteiger partial charge in [-0.2, -0.15) is 10.5 Å². The van der Waals surface area contributed by atoms with E-state index in [4.69, 9.17) is 10.5 Å². The summed E-state index contributed by atoms with van der Waals surface area (Å²) in [5, 5.41) is 17.7. The van der Waals surface area contributed by atoms with Crippen LogP contribution in [0.5, 0.6) is 0 Å². The van der Waals surface area contributed by atoms with E-state index < -0.39 is 0 Å². The van der Waals surface area contributed by atoms with Gasteiger partial charge in [-0.1, -0.05) is 13.8 Å². The van der Waals surface area contributed by atoms with Crippen LogP contribution in [0, 0.1) is 28.6 Å². The lowest BCUT2D eigenvalue weighted by atomic mass is 10.2. The van der Waals surface area contributed by atoms with E-state index in [0.717, 1.165) is 6.54 Å². The SMILES string of the molecule is CC(C)CN(CCC#N)c1ncccc1C#N. The Kier molecular flexibility index (Phi) is 4.97. The first-order chi connectivity index (χ1) is 8.19. The molecule has 0 spiro atoms. The molecule has 0 bridgehead atoms. The highest BCUT2D eigenvalue weighted by atomic mass is 15.2. The molecule has 0 saturated heterocycles. The third kappa shape index (κ3) is 3.77. The van der Waals surface area contributed by atoms with Crippen LogP contribution in [0.3, 0.4) is 0 Å². The summed E-state index contributed by atoms with van der Waals surface area (Å²) >= 11 is 0. The van der Waals surface area contributed by atoms with Crippen molar-refractivity contribution in [2.75, 3.05) is 18.0 Å². The molecule has 0 N–H and O–H groups in total. The molecule has 17 heavy (non-hydrogen) atoms. The van der Waals surface area contributed by atoms with Gasteiger partial charge in [0.2, 0.25) is 0 Å². The van der Waals surface area contributed by atoms with E-state index in [2.05, 4.69) is 31.0 Å². The molecule has 4 heteroatoms. The normalized spacial score (nSPS) is 9.71. The largest absolute Gasteiger partial charge is 0.354 e. The Morgan fingerprint density at radius 2 is 2.18 bits per heavy atom. The van der Waals surface area contributed by atoms with E-state index in [0.29, 0.717) is 30.3 Å². The minimum Gasteiger partial charge on any atom is -0.354 e. The highest BCUT2D eigenvalue weighted by molar-refractivity contribution is 5.53. The third-order valence-corrected chi connectivity index (χ3v) is 2.29. The second kappa shape index (κ2) is 6.50. The Bertz CT molecular complexity index is 439. The zero-order chi connectivity index (χ0) is 12.7. The van der Waals surface area contributed by atoms with E-state index in [1.54, 1.807) is 18.3 Å². The molecule has 1 heterocycles. The van der Waals surface area contributed by atoms with Crippen molar-refractivity contribution in [3.05, 3.63) is 23.9 Å². The fourth-order valence-electron chi connectivity index (χ4n) is 1.65. The highest BCUT2D eigenvalue weighted by Crippen LogP contribution is 2.17. The topological polar surface area (TPSA) is 63.7 Å². The average Bonchev–Trinajstić information content (AvgIpc) is 2.34. The maximum atomic E-state index is 9.05. The Morgan fingerprint density at radius 1 is 1.41 bits per heavy atom. The molecule has 88 valence electrons. The summed E-state index contributed by atoms with van der Waals surface area (Å²) < 4.78 is 0. The van der Waals surface area contributed by atoms with Crippen molar-refractivity contribution in [3.8, 4) is 12.1 Å². The molecule has 0 amide bonds. The van der Waals surface area contributed by atoms with Crippen LogP contribution < -0.4 is 4.90 Å². The monoisotopic (exact) mass is 228 g/mol. The second-order valence-corrected chi connectivity index (χ2v) is 4.23. The number of rotatable bonds is 5. The molecule has 0 atom stereocenters. The number of pyridine rings is 1. The van der Waals surface area contributed by atoms with Gasteiger partial charge in [-0.15, -0.1) is 0 Å². The molecule has 1 rings (SSSR count). The Balaban J connectivity index is 2.96. The van der Waals surface area contributed by atoms with E-state index in [1.165, 1.54) is 0 Å². The molecular weight excluding hydrogens is 212 g/mol. The zero-order valence-electron chi connectivity index (χ0n) is 10.2. The summed E-state index contributed by atoms with van der Waals surface area (Å²) in [6, 6.07) is 7.77. The summed E-state index contributed by atoms with van der Waals surface area (Å²) in [7, 11) is 0. The van der Waals surface area contributed by atoms with Gasteiger partial charge >= 0.3 is 0 Å². The Hall–Kier alpha value is -2.07. The summed E-state index contributed by atoms with van der Waals surface area (Å²) in [5.74, 6) is 1.14. The molecule has 0 saturated carbocycles. The third-order valence-electron chi connectivity index (χ3n) is 2.29. The lowest BCUT2D eigenvalue weighted by Crippen LogP contribution is -2.30. The Morgan fingerprint density at radius 3 is 2.76 bits per heavy atom. The van der Waals surface area contributed by atoms with Crippen LogP contribution in [-0.2, 0) is 0 Å². The predicted molar refractivity (Wildman–Crippen MR) is 66.2 cm³/mol. The van der Waals surface area contributed by atoms with Crippen LogP contribution in [0.25, 0.3) is 0 Å². The fraction of sp³-hybridized carbons (Fsp3) is 0.462. The van der Waals surface area contributed by atoms with Gasteiger partial charge in [0.05, 0.1) is 18.1 Å². The minimum atomic E-state index is 0.439. The van der Waals surface area contributed by atoms with Crippen molar-refractivity contribution in [2.24, 2.45) is 5.92 Å². The number of nitrogens with zero attached hydrogens (tertiary/aromatic N) is 4. The average molecular weight is 228 g/mol. The van der Waals surface area contributed by atoms with Crippen LogP contribution in [0.2, 0.25) is 0 Å². The molecule has 0 fully saturated rings. The van der Waals surface area contributed by atoms with E-state index in [-0.39, 0.29) is 0 Å². The number of hydrogen-bond donors (Lipinski definition) is 0. The molecule has 0 aliphatic carbocycles. The van der Waals surface area contributed by atoms with Crippen LogP contribution in [0.4, 0.5) is 5.82 Å². The predicted octanol–water partition coefficient (Wildman–Crippen LogP) is 2.33. The molecule has 4 nitrogen and oxygen atoms in total. The van der Waals surface area contributed by atoms with Gasteiger partial charge in [-0.3, -0.25) is 0 Å². The summed E-state index contributed by atoms with van der Waals surface area (Å²) in [6.07, 6.45) is 2.12. The van der Waals surface area contributed by atoms with Gasteiger partial charge in [-0.25, -0.2) is 4.98 Å². The van der Waals surface area contributed by atoms with Gasteiger partial charge in [0.15, 0.2) is 0 Å². The van der Waals surface area contributed by atoms with E-state index >= 15 is 0 Å². The number of nitriles is 2. The lowest BCUT2D eigenvalue weighted by Gasteiger charge is -2.25. The smallest absolute Gasteiger partial charge is 0.146 e. The first-order valence-corrected chi connectivity index (χ1v) is 5.66. The number of anilines is 1. The second-order valence-electron chi connectivity index (χ2n) is 4.23. The quantitative estimate of drug-likeness (QED) is 0.775. The summed E-state index contributed by atoms with van der Waals surface area (Å²) in [4.78, 5) is 6.26. The van der Waals surface area contributed by atoms with Crippen molar-refractivity contribution in [1.29, 1.82) is 10.5 Å². The van der Waals surface area contributed by atoms with Crippen molar-refractivity contribution in [1.82, 2.24) is 4.98 Å². The molecule has 0 radical (unpaired) electrons. The number of aromatic nitrogens is 1. The molecule has 0 aliphatic heterocycles. The van der Waals surface area contributed by atoms with Gasteiger partial charge in [0.25, 0.3) is 0 Å². The molecule has 0 unspecified atom stereocenters. The standard InChI is InChI=1S/C13H16N4/c1-11(2)10-17(8-4-6-14)13-12(9-15)5-3-7-16-13/h3,5,7,11H,4,8,10H2,1-2H3.